The van der Waals surface area contributed by atoms with Crippen molar-refractivity contribution < 1.29 is 14.3 Å². The van der Waals surface area contributed by atoms with Gasteiger partial charge in [-0.3, -0.25) is 4.84 Å². The van der Waals surface area contributed by atoms with Gasteiger partial charge in [0.25, 0.3) is 5.91 Å². The number of nitrogens with zero attached hydrogens (tertiary/aromatic N) is 1. The predicted octanol–water partition coefficient (Wildman–Crippen LogP) is 3.10. The molecular weight excluding hydrogens is 290 g/mol. The van der Waals surface area contributed by atoms with Crippen molar-refractivity contribution in [2.75, 3.05) is 27.9 Å². The van der Waals surface area contributed by atoms with E-state index in [1.807, 2.05) is 6.07 Å². The van der Waals surface area contributed by atoms with Gasteiger partial charge in [-0.25, -0.2) is 0 Å². The Labute approximate surface area is 137 Å². The summed E-state index contributed by atoms with van der Waals surface area (Å²) >= 11 is 0. The highest BCUT2D eigenvalue weighted by Crippen LogP contribution is 2.38. The lowest BCUT2D eigenvalue weighted by molar-refractivity contribution is -0.402. The molecule has 2 aromatic rings. The maximum atomic E-state index is 5.74. The van der Waals surface area contributed by atoms with Gasteiger partial charge in [-0.1, -0.05) is 48.5 Å². The lowest BCUT2D eigenvalue weighted by atomic mass is 9.89. The smallest absolute Gasteiger partial charge is 0.280 e. The highest BCUT2D eigenvalue weighted by molar-refractivity contribution is 5.42. The molecule has 2 aromatic carbocycles. The number of benzene rings is 2. The molecule has 0 unspecified atom stereocenters. The Morgan fingerprint density at radius 3 is 2.35 bits per heavy atom. The van der Waals surface area contributed by atoms with E-state index >= 15 is 0 Å². The molecule has 0 spiro atoms. The lowest BCUT2D eigenvalue weighted by Crippen LogP contribution is -2.52. The molecule has 0 saturated carbocycles. The molecule has 0 aromatic heterocycles. The maximum Gasteiger partial charge on any atom is 0.280 e. The first kappa shape index (κ1) is 16.1. The minimum atomic E-state index is -0.991. The fourth-order valence-electron chi connectivity index (χ4n) is 3.42. The van der Waals surface area contributed by atoms with E-state index in [4.69, 9.17) is 14.3 Å². The van der Waals surface area contributed by atoms with E-state index in [9.17, 15) is 0 Å². The predicted molar refractivity (Wildman–Crippen MR) is 88.8 cm³/mol. The number of fused-ring (bicyclic) bond motifs is 1. The first-order valence-electron chi connectivity index (χ1n) is 7.82. The summed E-state index contributed by atoms with van der Waals surface area (Å²) < 4.78 is 11.5. The quantitative estimate of drug-likeness (QED) is 0.794. The van der Waals surface area contributed by atoms with Crippen molar-refractivity contribution in [1.29, 1.82) is 0 Å². The maximum absolute atomic E-state index is 5.74. The molecule has 0 saturated heterocycles. The molecule has 0 amide bonds. The van der Waals surface area contributed by atoms with Crippen molar-refractivity contribution in [2.24, 2.45) is 0 Å². The number of ether oxygens (including phenoxy) is 2. The van der Waals surface area contributed by atoms with Crippen molar-refractivity contribution in [1.82, 2.24) is 5.06 Å². The van der Waals surface area contributed by atoms with Gasteiger partial charge < -0.3 is 9.47 Å². The third-order valence-corrected chi connectivity index (χ3v) is 4.52. The highest BCUT2D eigenvalue weighted by atomic mass is 16.8. The SMILES string of the molecule is CON1CCc2c(Cc3ccccc3)cccc2C1(OC)OC. The number of hydrogen-bond acceptors (Lipinski definition) is 4. The minimum Gasteiger partial charge on any atom is -0.335 e. The largest absolute Gasteiger partial charge is 0.335 e. The zero-order valence-corrected chi connectivity index (χ0v) is 13.9. The van der Waals surface area contributed by atoms with Crippen LogP contribution >= 0.6 is 0 Å². The molecule has 0 bridgehead atoms. The first-order chi connectivity index (χ1) is 11.2. The Balaban J connectivity index is 2.04. The summed E-state index contributed by atoms with van der Waals surface area (Å²) in [6.07, 6.45) is 1.81. The van der Waals surface area contributed by atoms with Crippen LogP contribution in [-0.2, 0) is 33.1 Å². The van der Waals surface area contributed by atoms with Crippen LogP contribution in [0.15, 0.2) is 48.5 Å². The average Bonchev–Trinajstić information content (AvgIpc) is 2.62. The van der Waals surface area contributed by atoms with E-state index in [-0.39, 0.29) is 0 Å². The topological polar surface area (TPSA) is 30.9 Å². The molecule has 0 atom stereocenters. The van der Waals surface area contributed by atoms with Crippen LogP contribution in [0.4, 0.5) is 0 Å². The fourth-order valence-corrected chi connectivity index (χ4v) is 3.42. The van der Waals surface area contributed by atoms with Gasteiger partial charge in [0.1, 0.15) is 0 Å². The van der Waals surface area contributed by atoms with Crippen LogP contribution in [-0.4, -0.2) is 32.9 Å². The lowest BCUT2D eigenvalue weighted by Gasteiger charge is -2.44. The van der Waals surface area contributed by atoms with Gasteiger partial charge in [-0.15, -0.1) is 5.06 Å². The number of hydroxylamine groups is 2. The van der Waals surface area contributed by atoms with E-state index in [0.717, 1.165) is 24.9 Å². The van der Waals surface area contributed by atoms with E-state index in [1.165, 1.54) is 16.7 Å². The van der Waals surface area contributed by atoms with Crippen LogP contribution in [0.1, 0.15) is 22.3 Å². The molecule has 4 heteroatoms. The monoisotopic (exact) mass is 313 g/mol. The van der Waals surface area contributed by atoms with Crippen LogP contribution in [0.5, 0.6) is 0 Å². The first-order valence-corrected chi connectivity index (χ1v) is 7.82. The third-order valence-electron chi connectivity index (χ3n) is 4.52. The second-order valence-corrected chi connectivity index (χ2v) is 5.63. The molecule has 3 rings (SSSR count). The minimum absolute atomic E-state index is 0.719. The standard InChI is InChI=1S/C19H23NO3/c1-21-19(22-2)18-11-7-10-16(14-15-8-5-4-6-9-15)17(18)12-13-20(19)23-3/h4-11H,12-14H2,1-3H3. The van der Waals surface area contributed by atoms with Crippen molar-refractivity contribution >= 4 is 0 Å². The Kier molecular flexibility index (Phi) is 4.78. The van der Waals surface area contributed by atoms with Gasteiger partial charge in [0, 0.05) is 26.3 Å². The molecule has 0 aliphatic carbocycles. The van der Waals surface area contributed by atoms with Gasteiger partial charge in [0.05, 0.1) is 7.11 Å². The summed E-state index contributed by atoms with van der Waals surface area (Å²) in [6.45, 7) is 0.719. The summed E-state index contributed by atoms with van der Waals surface area (Å²) in [5, 5.41) is 1.75. The Hall–Kier alpha value is -1.72. The molecule has 1 aliphatic heterocycles. The number of hydrogen-bond donors (Lipinski definition) is 0. The molecule has 0 N–H and O–H groups in total. The van der Waals surface area contributed by atoms with Crippen molar-refractivity contribution in [3.8, 4) is 0 Å². The average molecular weight is 313 g/mol. The number of rotatable bonds is 5. The summed E-state index contributed by atoms with van der Waals surface area (Å²) in [6, 6.07) is 16.8. The van der Waals surface area contributed by atoms with Crippen LogP contribution < -0.4 is 0 Å². The fraction of sp³-hybridized carbons (Fsp3) is 0.368. The van der Waals surface area contributed by atoms with Gasteiger partial charge in [0.2, 0.25) is 0 Å². The van der Waals surface area contributed by atoms with Crippen LogP contribution in [0.2, 0.25) is 0 Å². The molecule has 0 fully saturated rings. The Morgan fingerprint density at radius 1 is 0.957 bits per heavy atom. The molecule has 1 heterocycles. The molecular formula is C19H23NO3. The van der Waals surface area contributed by atoms with Gasteiger partial charge in [-0.2, -0.15) is 0 Å². The zero-order valence-electron chi connectivity index (χ0n) is 13.9. The normalized spacial score (nSPS) is 17.0. The Morgan fingerprint density at radius 2 is 1.70 bits per heavy atom. The van der Waals surface area contributed by atoms with E-state index < -0.39 is 5.91 Å². The van der Waals surface area contributed by atoms with Crippen LogP contribution in [0.3, 0.4) is 0 Å². The van der Waals surface area contributed by atoms with Gasteiger partial charge >= 0.3 is 0 Å². The van der Waals surface area contributed by atoms with E-state index in [2.05, 4.69) is 42.5 Å². The molecule has 122 valence electrons. The summed E-state index contributed by atoms with van der Waals surface area (Å²) in [5.41, 5.74) is 4.91. The van der Waals surface area contributed by atoms with Crippen molar-refractivity contribution in [3.63, 3.8) is 0 Å². The van der Waals surface area contributed by atoms with Crippen LogP contribution in [0.25, 0.3) is 0 Å². The summed E-state index contributed by atoms with van der Waals surface area (Å²) in [5.74, 6) is -0.991. The molecule has 4 nitrogen and oxygen atoms in total. The Bertz CT molecular complexity index is 653. The summed E-state index contributed by atoms with van der Waals surface area (Å²) in [7, 11) is 4.94. The molecule has 0 radical (unpaired) electrons. The third kappa shape index (κ3) is 2.79. The van der Waals surface area contributed by atoms with E-state index in [1.54, 1.807) is 26.4 Å². The van der Waals surface area contributed by atoms with Crippen molar-refractivity contribution in [2.45, 2.75) is 18.8 Å². The highest BCUT2D eigenvalue weighted by Gasteiger charge is 2.45. The summed E-state index contributed by atoms with van der Waals surface area (Å²) in [4.78, 5) is 5.49. The van der Waals surface area contributed by atoms with Crippen molar-refractivity contribution in [3.05, 3.63) is 70.8 Å². The second kappa shape index (κ2) is 6.81. The van der Waals surface area contributed by atoms with Gasteiger partial charge in [0.15, 0.2) is 0 Å². The van der Waals surface area contributed by atoms with Gasteiger partial charge in [-0.05, 0) is 29.5 Å². The second-order valence-electron chi connectivity index (χ2n) is 5.63. The van der Waals surface area contributed by atoms with Crippen LogP contribution in [0, 0.1) is 0 Å². The molecule has 23 heavy (non-hydrogen) atoms. The number of methoxy groups -OCH3 is 2. The van der Waals surface area contributed by atoms with E-state index in [0.29, 0.717) is 0 Å². The zero-order chi connectivity index (χ0) is 16.3. The molecule has 1 aliphatic rings.